The van der Waals surface area contributed by atoms with Gasteiger partial charge in [0.25, 0.3) is 5.91 Å². The number of amides is 3. The highest BCUT2D eigenvalue weighted by atomic mass is 16.2. The van der Waals surface area contributed by atoms with Crippen LogP contribution in [0.4, 0.5) is 4.79 Å². The highest BCUT2D eigenvalue weighted by molar-refractivity contribution is 6.06. The number of carbonyl (C=O) groups is 2. The van der Waals surface area contributed by atoms with E-state index in [4.69, 9.17) is 0 Å². The predicted octanol–water partition coefficient (Wildman–Crippen LogP) is 2.13. The van der Waals surface area contributed by atoms with Crippen LogP contribution in [0.3, 0.4) is 0 Å². The molecule has 1 aromatic rings. The van der Waals surface area contributed by atoms with Crippen molar-refractivity contribution in [1.29, 1.82) is 0 Å². The van der Waals surface area contributed by atoms with E-state index in [0.29, 0.717) is 6.54 Å². The summed E-state index contributed by atoms with van der Waals surface area (Å²) in [5.41, 5.74) is 2.46. The zero-order chi connectivity index (χ0) is 13.5. The third-order valence-corrected chi connectivity index (χ3v) is 3.07. The third kappa shape index (κ3) is 2.23. The highest BCUT2D eigenvalue weighted by Crippen LogP contribution is 2.20. The van der Waals surface area contributed by atoms with Gasteiger partial charge in [0, 0.05) is 0 Å². The lowest BCUT2D eigenvalue weighted by Gasteiger charge is -2.16. The first kappa shape index (κ1) is 12.6. The number of imide groups is 1. The number of nitrogens with one attached hydrogen (secondary N) is 1. The summed E-state index contributed by atoms with van der Waals surface area (Å²) < 4.78 is 0. The minimum atomic E-state index is -0.796. The molecule has 1 fully saturated rings. The van der Waals surface area contributed by atoms with Crippen LogP contribution < -0.4 is 5.32 Å². The Hall–Kier alpha value is -1.84. The summed E-state index contributed by atoms with van der Waals surface area (Å²) in [5.74, 6) is -0.174. The Morgan fingerprint density at radius 1 is 1.11 bits per heavy atom. The lowest BCUT2D eigenvalue weighted by molar-refractivity contribution is -0.130. The van der Waals surface area contributed by atoms with E-state index in [9.17, 15) is 9.59 Å². The molecule has 0 aliphatic carbocycles. The second-order valence-electron chi connectivity index (χ2n) is 5.44. The van der Waals surface area contributed by atoms with E-state index in [1.54, 1.807) is 13.8 Å². The first-order chi connectivity index (χ1) is 8.29. The number of hydrogen-bond acceptors (Lipinski definition) is 2. The molecule has 1 aromatic carbocycles. The molecule has 1 aliphatic heterocycles. The fourth-order valence-corrected chi connectivity index (χ4v) is 2.30. The molecule has 0 saturated carbocycles. The van der Waals surface area contributed by atoms with Crippen molar-refractivity contribution in [1.82, 2.24) is 10.2 Å². The van der Waals surface area contributed by atoms with Gasteiger partial charge >= 0.3 is 6.03 Å². The Morgan fingerprint density at radius 3 is 2.11 bits per heavy atom. The van der Waals surface area contributed by atoms with Crippen molar-refractivity contribution in [3.63, 3.8) is 0 Å². The van der Waals surface area contributed by atoms with Gasteiger partial charge in [-0.2, -0.15) is 0 Å². The van der Waals surface area contributed by atoms with Crippen molar-refractivity contribution in [2.45, 2.75) is 39.8 Å². The second-order valence-corrected chi connectivity index (χ2v) is 5.44. The SMILES string of the molecule is Cc1cc(C)cc(CN2C(=O)NC(C)(C)C2=O)c1. The number of nitrogens with zero attached hydrogens (tertiary/aromatic N) is 1. The van der Waals surface area contributed by atoms with Gasteiger partial charge in [0.15, 0.2) is 0 Å². The fourth-order valence-electron chi connectivity index (χ4n) is 2.30. The summed E-state index contributed by atoms with van der Waals surface area (Å²) in [7, 11) is 0. The molecule has 1 N–H and O–H groups in total. The molecule has 0 unspecified atom stereocenters. The Morgan fingerprint density at radius 2 is 1.67 bits per heavy atom. The van der Waals surface area contributed by atoms with Gasteiger partial charge in [-0.25, -0.2) is 4.79 Å². The molecule has 4 nitrogen and oxygen atoms in total. The number of hydrogen-bond donors (Lipinski definition) is 1. The summed E-state index contributed by atoms with van der Waals surface area (Å²) in [5, 5.41) is 2.68. The molecule has 0 bridgehead atoms. The molecule has 18 heavy (non-hydrogen) atoms. The number of rotatable bonds is 2. The number of benzene rings is 1. The van der Waals surface area contributed by atoms with Gasteiger partial charge in [-0.1, -0.05) is 29.3 Å². The second kappa shape index (κ2) is 4.12. The molecule has 0 aromatic heterocycles. The standard InChI is InChI=1S/C14H18N2O2/c1-9-5-10(2)7-11(6-9)8-16-12(17)14(3,4)15-13(16)18/h5-7H,8H2,1-4H3,(H,15,18). The average molecular weight is 246 g/mol. The van der Waals surface area contributed by atoms with Gasteiger partial charge in [-0.15, -0.1) is 0 Å². The average Bonchev–Trinajstić information content (AvgIpc) is 2.39. The van der Waals surface area contributed by atoms with E-state index in [-0.39, 0.29) is 11.9 Å². The van der Waals surface area contributed by atoms with Crippen molar-refractivity contribution < 1.29 is 9.59 Å². The lowest BCUT2D eigenvalue weighted by atomic mass is 10.1. The minimum Gasteiger partial charge on any atom is -0.324 e. The zero-order valence-electron chi connectivity index (χ0n) is 11.2. The molecule has 4 heteroatoms. The van der Waals surface area contributed by atoms with Crippen LogP contribution in [0.1, 0.15) is 30.5 Å². The van der Waals surface area contributed by atoms with Crippen LogP contribution in [0.25, 0.3) is 0 Å². The Kier molecular flexibility index (Phi) is 2.89. The van der Waals surface area contributed by atoms with Crippen molar-refractivity contribution in [3.8, 4) is 0 Å². The van der Waals surface area contributed by atoms with E-state index in [1.165, 1.54) is 4.90 Å². The Labute approximate surface area is 107 Å². The zero-order valence-corrected chi connectivity index (χ0v) is 11.2. The van der Waals surface area contributed by atoms with Gasteiger partial charge in [-0.3, -0.25) is 9.69 Å². The smallest absolute Gasteiger partial charge is 0.324 e. The van der Waals surface area contributed by atoms with Crippen molar-refractivity contribution in [2.24, 2.45) is 0 Å². The van der Waals surface area contributed by atoms with Crippen LogP contribution in [0.15, 0.2) is 18.2 Å². The van der Waals surface area contributed by atoms with Crippen molar-refractivity contribution in [3.05, 3.63) is 34.9 Å². The van der Waals surface area contributed by atoms with Crippen LogP contribution in [0, 0.1) is 13.8 Å². The van der Waals surface area contributed by atoms with Crippen LogP contribution in [0.5, 0.6) is 0 Å². The van der Waals surface area contributed by atoms with Gasteiger partial charge in [0.2, 0.25) is 0 Å². The molecule has 2 rings (SSSR count). The maximum absolute atomic E-state index is 12.1. The van der Waals surface area contributed by atoms with Crippen molar-refractivity contribution in [2.75, 3.05) is 0 Å². The maximum atomic E-state index is 12.1. The van der Waals surface area contributed by atoms with E-state index >= 15 is 0 Å². The molecule has 3 amide bonds. The largest absolute Gasteiger partial charge is 0.325 e. The normalized spacial score (nSPS) is 18.1. The number of urea groups is 1. The minimum absolute atomic E-state index is 0.174. The Bertz CT molecular complexity index is 500. The number of aryl methyl sites for hydroxylation is 2. The molecular formula is C14H18N2O2. The molecule has 0 atom stereocenters. The van der Waals surface area contributed by atoms with Crippen molar-refractivity contribution >= 4 is 11.9 Å². The topological polar surface area (TPSA) is 49.4 Å². The molecule has 1 aliphatic rings. The predicted molar refractivity (Wildman–Crippen MR) is 69.1 cm³/mol. The van der Waals surface area contributed by atoms with Crippen LogP contribution in [0.2, 0.25) is 0 Å². The fraction of sp³-hybridized carbons (Fsp3) is 0.429. The molecular weight excluding hydrogens is 228 g/mol. The first-order valence-electron chi connectivity index (χ1n) is 6.01. The summed E-state index contributed by atoms with van der Waals surface area (Å²) in [4.78, 5) is 25.1. The van der Waals surface area contributed by atoms with Gasteiger partial charge in [0.05, 0.1) is 6.54 Å². The molecule has 0 radical (unpaired) electrons. The summed E-state index contributed by atoms with van der Waals surface area (Å²) in [6.45, 7) is 7.78. The lowest BCUT2D eigenvalue weighted by Crippen LogP contribution is -2.40. The monoisotopic (exact) mass is 246 g/mol. The van der Waals surface area contributed by atoms with E-state index in [0.717, 1.165) is 16.7 Å². The highest BCUT2D eigenvalue weighted by Gasteiger charge is 2.43. The first-order valence-corrected chi connectivity index (χ1v) is 6.01. The molecule has 1 heterocycles. The van der Waals surface area contributed by atoms with E-state index < -0.39 is 5.54 Å². The van der Waals surface area contributed by atoms with Crippen LogP contribution in [-0.4, -0.2) is 22.4 Å². The summed E-state index contributed by atoms with van der Waals surface area (Å²) in [6.07, 6.45) is 0. The van der Waals surface area contributed by atoms with Gasteiger partial charge in [-0.05, 0) is 33.3 Å². The molecule has 0 spiro atoms. The van der Waals surface area contributed by atoms with Gasteiger partial charge < -0.3 is 5.32 Å². The number of carbonyl (C=O) groups excluding carboxylic acids is 2. The van der Waals surface area contributed by atoms with E-state index in [2.05, 4.69) is 11.4 Å². The Balaban J connectivity index is 2.24. The maximum Gasteiger partial charge on any atom is 0.325 e. The van der Waals surface area contributed by atoms with E-state index in [1.807, 2.05) is 26.0 Å². The quantitative estimate of drug-likeness (QED) is 0.813. The summed E-state index contributed by atoms with van der Waals surface area (Å²) >= 11 is 0. The van der Waals surface area contributed by atoms with Crippen LogP contribution in [-0.2, 0) is 11.3 Å². The van der Waals surface area contributed by atoms with Crippen LogP contribution >= 0.6 is 0 Å². The summed E-state index contributed by atoms with van der Waals surface area (Å²) in [6, 6.07) is 5.75. The third-order valence-electron chi connectivity index (χ3n) is 3.07. The molecule has 96 valence electrons. The molecule has 1 saturated heterocycles. The van der Waals surface area contributed by atoms with Gasteiger partial charge in [0.1, 0.15) is 5.54 Å².